The summed E-state index contributed by atoms with van der Waals surface area (Å²) in [6.07, 6.45) is 97.0. The molecule has 0 bridgehead atoms. The first-order valence-electron chi connectivity index (χ1n) is 38.8. The SMILES string of the molecule is CCCCCC/C=C\CCCCCCCC(=O)OCCCCCCCCCCCCCCCCCC/C=C\CCCCCCCCCCCCCCCCCCCC(=O)NC(CO)C(O)/C=C/CCCCCCCCCCCCCCCCCC. The summed E-state index contributed by atoms with van der Waals surface area (Å²) in [4.78, 5) is 24.6. The zero-order valence-corrected chi connectivity index (χ0v) is 57.6. The maximum absolute atomic E-state index is 12.5. The second kappa shape index (κ2) is 74.5. The third-order valence-corrected chi connectivity index (χ3v) is 18.1. The lowest BCUT2D eigenvalue weighted by Gasteiger charge is -2.20. The van der Waals surface area contributed by atoms with Gasteiger partial charge in [0.15, 0.2) is 0 Å². The van der Waals surface area contributed by atoms with Crippen LogP contribution in [0.15, 0.2) is 36.5 Å². The summed E-state index contributed by atoms with van der Waals surface area (Å²) in [5, 5.41) is 23.2. The van der Waals surface area contributed by atoms with E-state index in [2.05, 4.69) is 43.5 Å². The number of carbonyl (C=O) groups excluding carboxylic acids is 2. The van der Waals surface area contributed by atoms with E-state index in [4.69, 9.17) is 4.74 Å². The van der Waals surface area contributed by atoms with E-state index in [1.54, 1.807) is 6.08 Å². The Labute approximate surface area is 532 Å². The van der Waals surface area contributed by atoms with Gasteiger partial charge in [-0.15, -0.1) is 0 Å². The lowest BCUT2D eigenvalue weighted by Crippen LogP contribution is -2.45. The van der Waals surface area contributed by atoms with Crippen molar-refractivity contribution in [2.75, 3.05) is 13.2 Å². The molecule has 0 aromatic carbocycles. The number of hydrogen-bond acceptors (Lipinski definition) is 5. The first-order chi connectivity index (χ1) is 42.0. The van der Waals surface area contributed by atoms with E-state index in [0.29, 0.717) is 19.4 Å². The molecule has 0 aliphatic heterocycles. The summed E-state index contributed by atoms with van der Waals surface area (Å²) in [5.74, 6) is -0.0479. The van der Waals surface area contributed by atoms with Gasteiger partial charge >= 0.3 is 5.97 Å². The predicted octanol–water partition coefficient (Wildman–Crippen LogP) is 25.4. The second-order valence-electron chi connectivity index (χ2n) is 26.7. The Bertz CT molecular complexity index is 1380. The summed E-state index contributed by atoms with van der Waals surface area (Å²) in [6.45, 7) is 4.93. The Morgan fingerprint density at radius 2 is 0.553 bits per heavy atom. The van der Waals surface area contributed by atoms with Gasteiger partial charge in [-0.2, -0.15) is 0 Å². The highest BCUT2D eigenvalue weighted by Crippen LogP contribution is 2.19. The van der Waals surface area contributed by atoms with Crippen LogP contribution in [0.2, 0.25) is 0 Å². The molecular formula is C79H151NO5. The molecule has 6 heteroatoms. The maximum atomic E-state index is 12.5. The molecule has 6 nitrogen and oxygen atoms in total. The molecule has 3 N–H and O–H groups in total. The van der Waals surface area contributed by atoms with Crippen LogP contribution in [0.5, 0.6) is 0 Å². The van der Waals surface area contributed by atoms with Gasteiger partial charge < -0.3 is 20.3 Å². The van der Waals surface area contributed by atoms with Crippen LogP contribution in [-0.4, -0.2) is 47.4 Å². The van der Waals surface area contributed by atoms with Crippen molar-refractivity contribution in [1.82, 2.24) is 5.32 Å². The van der Waals surface area contributed by atoms with Crippen LogP contribution in [0, 0.1) is 0 Å². The molecule has 0 rings (SSSR count). The molecule has 0 aliphatic carbocycles. The van der Waals surface area contributed by atoms with Crippen molar-refractivity contribution in [1.29, 1.82) is 0 Å². The van der Waals surface area contributed by atoms with Crippen LogP contribution in [0.25, 0.3) is 0 Å². The van der Waals surface area contributed by atoms with E-state index in [1.165, 1.54) is 360 Å². The fraction of sp³-hybridized carbons (Fsp3) is 0.899. The molecule has 0 saturated heterocycles. The van der Waals surface area contributed by atoms with Crippen molar-refractivity contribution in [2.24, 2.45) is 0 Å². The molecule has 1 amide bonds. The number of hydrogen-bond donors (Lipinski definition) is 3. The molecule has 0 radical (unpaired) electrons. The van der Waals surface area contributed by atoms with Crippen molar-refractivity contribution >= 4 is 11.9 Å². The van der Waals surface area contributed by atoms with Gasteiger partial charge in [0.2, 0.25) is 5.91 Å². The minimum Gasteiger partial charge on any atom is -0.466 e. The number of ether oxygens (including phenoxy) is 1. The van der Waals surface area contributed by atoms with Gasteiger partial charge in [0, 0.05) is 12.8 Å². The fourth-order valence-electron chi connectivity index (χ4n) is 12.2. The van der Waals surface area contributed by atoms with Crippen molar-refractivity contribution < 1.29 is 24.5 Å². The van der Waals surface area contributed by atoms with Crippen LogP contribution in [0.1, 0.15) is 431 Å². The summed E-state index contributed by atoms with van der Waals surface area (Å²) < 4.78 is 5.49. The third kappa shape index (κ3) is 71.0. The third-order valence-electron chi connectivity index (χ3n) is 18.1. The molecule has 502 valence electrons. The molecule has 0 aliphatic rings. The summed E-state index contributed by atoms with van der Waals surface area (Å²) >= 11 is 0. The Balaban J connectivity index is 3.35. The predicted molar refractivity (Wildman–Crippen MR) is 375 cm³/mol. The van der Waals surface area contributed by atoms with E-state index in [-0.39, 0.29) is 18.5 Å². The molecule has 0 fully saturated rings. The lowest BCUT2D eigenvalue weighted by molar-refractivity contribution is -0.143. The lowest BCUT2D eigenvalue weighted by atomic mass is 10.0. The van der Waals surface area contributed by atoms with E-state index in [0.717, 1.165) is 44.9 Å². The minimum absolute atomic E-state index is 0.0124. The number of nitrogens with one attached hydrogen (secondary N) is 1. The molecule has 0 aromatic rings. The number of carbonyl (C=O) groups is 2. The topological polar surface area (TPSA) is 95.9 Å². The normalized spacial score (nSPS) is 12.7. The maximum Gasteiger partial charge on any atom is 0.305 e. The fourth-order valence-corrected chi connectivity index (χ4v) is 12.2. The number of aliphatic hydroxyl groups excluding tert-OH is 2. The highest BCUT2D eigenvalue weighted by Gasteiger charge is 2.18. The smallest absolute Gasteiger partial charge is 0.305 e. The summed E-state index contributed by atoms with van der Waals surface area (Å²) in [5.41, 5.74) is 0. The Kier molecular flexibility index (Phi) is 72.9. The number of rotatable bonds is 73. The standard InChI is InChI=1S/C79H151NO5/c1-3-5-7-9-11-13-15-17-18-19-41-44-48-51-55-59-63-67-71-77(82)76(75-81)80-78(83)72-68-64-60-56-52-49-45-42-39-37-35-33-31-29-27-25-23-21-20-22-24-26-28-30-32-34-36-38-40-43-46-50-54-58-62-66-70-74-85-79(84)73-69-65-61-57-53-47-16-14-12-10-8-6-4-2/h14,16,20,22,67,71,76-77,81-82H,3-13,15,17-19,21,23-66,68-70,72-75H2,1-2H3,(H,80,83)/b16-14-,22-20-,71-67+. The number of esters is 1. The van der Waals surface area contributed by atoms with Gasteiger partial charge in [-0.25, -0.2) is 0 Å². The van der Waals surface area contributed by atoms with Crippen LogP contribution in [0.4, 0.5) is 0 Å². The summed E-state index contributed by atoms with van der Waals surface area (Å²) in [6, 6.07) is -0.625. The van der Waals surface area contributed by atoms with Gasteiger partial charge in [-0.05, 0) is 83.5 Å². The van der Waals surface area contributed by atoms with Gasteiger partial charge in [0.1, 0.15) is 0 Å². The Morgan fingerprint density at radius 3 is 0.847 bits per heavy atom. The van der Waals surface area contributed by atoms with Gasteiger partial charge in [0.05, 0.1) is 25.4 Å². The first kappa shape index (κ1) is 83.1. The average molecular weight is 1200 g/mol. The van der Waals surface area contributed by atoms with Crippen molar-refractivity contribution in [3.8, 4) is 0 Å². The van der Waals surface area contributed by atoms with E-state index in [9.17, 15) is 19.8 Å². The van der Waals surface area contributed by atoms with Crippen LogP contribution in [0.3, 0.4) is 0 Å². The number of unbranched alkanes of at least 4 members (excludes halogenated alkanes) is 58. The molecule has 0 aromatic heterocycles. The molecule has 0 saturated carbocycles. The van der Waals surface area contributed by atoms with Crippen molar-refractivity contribution in [3.63, 3.8) is 0 Å². The highest BCUT2D eigenvalue weighted by molar-refractivity contribution is 5.76. The summed E-state index contributed by atoms with van der Waals surface area (Å²) in [7, 11) is 0. The minimum atomic E-state index is -0.842. The largest absolute Gasteiger partial charge is 0.466 e. The molecule has 2 atom stereocenters. The van der Waals surface area contributed by atoms with Crippen molar-refractivity contribution in [3.05, 3.63) is 36.5 Å². The highest BCUT2D eigenvalue weighted by atomic mass is 16.5. The Morgan fingerprint density at radius 1 is 0.318 bits per heavy atom. The van der Waals surface area contributed by atoms with Gasteiger partial charge in [-0.3, -0.25) is 9.59 Å². The Hall–Kier alpha value is -1.92. The van der Waals surface area contributed by atoms with E-state index >= 15 is 0 Å². The molecular weight excluding hydrogens is 1040 g/mol. The van der Waals surface area contributed by atoms with E-state index < -0.39 is 12.1 Å². The number of allylic oxidation sites excluding steroid dienone is 5. The molecule has 0 heterocycles. The number of aliphatic hydroxyl groups is 2. The van der Waals surface area contributed by atoms with Crippen LogP contribution >= 0.6 is 0 Å². The van der Waals surface area contributed by atoms with E-state index in [1.807, 2.05) is 6.08 Å². The molecule has 0 spiro atoms. The van der Waals surface area contributed by atoms with Crippen molar-refractivity contribution in [2.45, 2.75) is 443 Å². The van der Waals surface area contributed by atoms with Gasteiger partial charge in [0.25, 0.3) is 0 Å². The first-order valence-corrected chi connectivity index (χ1v) is 38.8. The van der Waals surface area contributed by atoms with Crippen LogP contribution in [-0.2, 0) is 14.3 Å². The zero-order chi connectivity index (χ0) is 61.3. The second-order valence-corrected chi connectivity index (χ2v) is 26.7. The molecule has 85 heavy (non-hydrogen) atoms. The van der Waals surface area contributed by atoms with Gasteiger partial charge in [-0.1, -0.05) is 371 Å². The zero-order valence-electron chi connectivity index (χ0n) is 57.6. The number of amides is 1. The monoisotopic (exact) mass is 1190 g/mol. The molecule has 2 unspecified atom stereocenters. The quantitative estimate of drug-likeness (QED) is 0.0320. The van der Waals surface area contributed by atoms with Crippen LogP contribution < -0.4 is 5.32 Å². The average Bonchev–Trinajstić information content (AvgIpc) is 3.51.